The molecule has 2 aromatic carbocycles. The summed E-state index contributed by atoms with van der Waals surface area (Å²) in [4.78, 5) is 27.2. The maximum absolute atomic E-state index is 13.9. The van der Waals surface area contributed by atoms with E-state index in [0.29, 0.717) is 11.3 Å². The highest BCUT2D eigenvalue weighted by Crippen LogP contribution is 2.45. The summed E-state index contributed by atoms with van der Waals surface area (Å²) in [6, 6.07) is 10.2. The number of anilines is 1. The maximum Gasteiger partial charge on any atom is 0.416 e. The van der Waals surface area contributed by atoms with Crippen LogP contribution in [0.3, 0.4) is 0 Å². The molecule has 0 unspecified atom stereocenters. The minimum absolute atomic E-state index is 0.0491. The average Bonchev–Trinajstić information content (AvgIpc) is 2.87. The highest BCUT2D eigenvalue weighted by molar-refractivity contribution is 6.08. The van der Waals surface area contributed by atoms with Crippen LogP contribution in [0.4, 0.5) is 18.9 Å². The van der Waals surface area contributed by atoms with E-state index in [0.717, 1.165) is 18.1 Å². The molecule has 6 nitrogen and oxygen atoms in total. The molecule has 3 rings (SSSR count). The van der Waals surface area contributed by atoms with E-state index in [4.69, 9.17) is 14.2 Å². The predicted molar refractivity (Wildman–Crippen MR) is 106 cm³/mol. The second kappa shape index (κ2) is 8.97. The van der Waals surface area contributed by atoms with Gasteiger partial charge in [0, 0.05) is 18.7 Å². The van der Waals surface area contributed by atoms with Crippen molar-refractivity contribution in [1.29, 1.82) is 0 Å². The monoisotopic (exact) mass is 437 g/mol. The maximum atomic E-state index is 13.9. The molecule has 1 heterocycles. The van der Waals surface area contributed by atoms with Crippen LogP contribution in [0.5, 0.6) is 5.75 Å². The molecule has 31 heavy (non-hydrogen) atoms. The molecule has 2 aromatic rings. The fourth-order valence-corrected chi connectivity index (χ4v) is 4.02. The van der Waals surface area contributed by atoms with E-state index in [1.807, 2.05) is 0 Å². The van der Waals surface area contributed by atoms with E-state index in [-0.39, 0.29) is 24.4 Å². The SMILES string of the molecule is COCN1C(=O)[C@H](C(=O)OC)[C@@H](c2ccccc2OC)Cc2c1cccc2C(F)(F)F. The lowest BCUT2D eigenvalue weighted by Crippen LogP contribution is -2.42. The van der Waals surface area contributed by atoms with Gasteiger partial charge >= 0.3 is 12.1 Å². The largest absolute Gasteiger partial charge is 0.496 e. The lowest BCUT2D eigenvalue weighted by molar-refractivity contribution is -0.150. The first-order valence-electron chi connectivity index (χ1n) is 9.44. The van der Waals surface area contributed by atoms with E-state index >= 15 is 0 Å². The van der Waals surface area contributed by atoms with E-state index in [9.17, 15) is 22.8 Å². The summed E-state index contributed by atoms with van der Waals surface area (Å²) in [5.41, 5.74) is -0.476. The third-order valence-corrected chi connectivity index (χ3v) is 5.36. The molecule has 0 radical (unpaired) electrons. The Morgan fingerprint density at radius 1 is 1.10 bits per heavy atom. The molecule has 1 aliphatic heterocycles. The summed E-state index contributed by atoms with van der Waals surface area (Å²) in [7, 11) is 3.86. The number of para-hydroxylation sites is 1. The molecule has 1 aliphatic rings. The van der Waals surface area contributed by atoms with Crippen LogP contribution in [0.1, 0.15) is 22.6 Å². The van der Waals surface area contributed by atoms with Crippen LogP contribution < -0.4 is 9.64 Å². The van der Waals surface area contributed by atoms with Crippen molar-refractivity contribution < 1.29 is 37.0 Å². The van der Waals surface area contributed by atoms with Gasteiger partial charge in [-0.05, 0) is 35.7 Å². The van der Waals surface area contributed by atoms with Gasteiger partial charge in [-0.15, -0.1) is 0 Å². The second-order valence-corrected chi connectivity index (χ2v) is 7.04. The van der Waals surface area contributed by atoms with Gasteiger partial charge in [-0.1, -0.05) is 24.3 Å². The number of halogens is 3. The van der Waals surface area contributed by atoms with E-state index < -0.39 is 35.5 Å². The zero-order valence-electron chi connectivity index (χ0n) is 17.2. The minimum atomic E-state index is -4.65. The summed E-state index contributed by atoms with van der Waals surface area (Å²) in [5, 5.41) is 0. The van der Waals surface area contributed by atoms with E-state index in [1.54, 1.807) is 24.3 Å². The number of hydrogen-bond donors (Lipinski definition) is 0. The summed E-state index contributed by atoms with van der Waals surface area (Å²) in [5.74, 6) is -3.52. The quantitative estimate of drug-likeness (QED) is 0.526. The number of carbonyl (C=O) groups is 2. The first kappa shape index (κ1) is 22.6. The Kier molecular flexibility index (Phi) is 6.54. The Morgan fingerprint density at radius 2 is 1.81 bits per heavy atom. The molecule has 166 valence electrons. The molecule has 9 heteroatoms. The Bertz CT molecular complexity index is 976. The van der Waals surface area contributed by atoms with Crippen LogP contribution >= 0.6 is 0 Å². The van der Waals surface area contributed by atoms with Crippen LogP contribution in [0.25, 0.3) is 0 Å². The van der Waals surface area contributed by atoms with Crippen molar-refractivity contribution in [2.75, 3.05) is 33.0 Å². The number of nitrogens with zero attached hydrogens (tertiary/aromatic N) is 1. The number of ether oxygens (including phenoxy) is 3. The highest BCUT2D eigenvalue weighted by Gasteiger charge is 2.46. The molecule has 0 fully saturated rings. The Labute approximate surface area is 177 Å². The second-order valence-electron chi connectivity index (χ2n) is 7.04. The van der Waals surface area contributed by atoms with Crippen molar-refractivity contribution in [3.63, 3.8) is 0 Å². The molecular formula is C22H22F3NO5. The first-order chi connectivity index (χ1) is 14.7. The molecule has 0 aromatic heterocycles. The minimum Gasteiger partial charge on any atom is -0.496 e. The number of carbonyl (C=O) groups excluding carboxylic acids is 2. The standard InChI is InChI=1S/C22H22F3NO5/c1-29-12-26-17-9-6-8-16(22(23,24)25)15(17)11-14(19(20(26)27)21(28)31-3)13-7-4-5-10-18(13)30-2/h4-10,14,19H,11-12H2,1-3H3/t14-,19-/m1/s1. The van der Waals surface area contributed by atoms with E-state index in [1.165, 1.54) is 26.4 Å². The van der Waals surface area contributed by atoms with Gasteiger partial charge in [-0.2, -0.15) is 13.2 Å². The molecule has 1 amide bonds. The van der Waals surface area contributed by atoms with Crippen LogP contribution in [-0.4, -0.2) is 39.9 Å². The summed E-state index contributed by atoms with van der Waals surface area (Å²) in [6.07, 6.45) is -4.87. The first-order valence-corrected chi connectivity index (χ1v) is 9.44. The number of fused-ring (bicyclic) bond motifs is 1. The number of methoxy groups -OCH3 is 3. The Hall–Kier alpha value is -3.07. The van der Waals surface area contributed by atoms with E-state index in [2.05, 4.69) is 0 Å². The summed E-state index contributed by atoms with van der Waals surface area (Å²) >= 11 is 0. The molecule has 0 spiro atoms. The number of amides is 1. The van der Waals surface area contributed by atoms with Crippen molar-refractivity contribution in [3.8, 4) is 5.75 Å². The molecule has 0 bridgehead atoms. The van der Waals surface area contributed by atoms with Gasteiger partial charge < -0.3 is 14.2 Å². The van der Waals surface area contributed by atoms with Crippen LogP contribution in [-0.2, 0) is 31.7 Å². The third kappa shape index (κ3) is 4.23. The van der Waals surface area contributed by atoms with Gasteiger partial charge in [0.1, 0.15) is 18.4 Å². The number of benzene rings is 2. The third-order valence-electron chi connectivity index (χ3n) is 5.36. The topological polar surface area (TPSA) is 65.1 Å². The van der Waals surface area contributed by atoms with Gasteiger partial charge in [-0.3, -0.25) is 14.5 Å². The Morgan fingerprint density at radius 3 is 2.42 bits per heavy atom. The normalized spacial score (nSPS) is 18.9. The average molecular weight is 437 g/mol. The van der Waals surface area contributed by atoms with Gasteiger partial charge in [0.2, 0.25) is 5.91 Å². The molecule has 2 atom stereocenters. The zero-order chi connectivity index (χ0) is 22.8. The lowest BCUT2D eigenvalue weighted by Gasteiger charge is -2.27. The molecule has 0 aliphatic carbocycles. The molecule has 0 N–H and O–H groups in total. The van der Waals surface area contributed by atoms with Crippen molar-refractivity contribution in [2.24, 2.45) is 5.92 Å². The van der Waals surface area contributed by atoms with Crippen molar-refractivity contribution >= 4 is 17.6 Å². The van der Waals surface area contributed by atoms with Crippen molar-refractivity contribution in [3.05, 3.63) is 59.2 Å². The number of esters is 1. The zero-order valence-corrected chi connectivity index (χ0v) is 17.2. The number of alkyl halides is 3. The van der Waals surface area contributed by atoms with Gasteiger partial charge in [0.15, 0.2) is 0 Å². The fourth-order valence-electron chi connectivity index (χ4n) is 4.02. The van der Waals surface area contributed by atoms with Crippen molar-refractivity contribution in [2.45, 2.75) is 18.5 Å². The fraction of sp³-hybridized carbons (Fsp3) is 0.364. The number of rotatable bonds is 5. The Balaban J connectivity index is 2.31. The van der Waals surface area contributed by atoms with Crippen LogP contribution in [0, 0.1) is 5.92 Å². The summed E-state index contributed by atoms with van der Waals surface area (Å²) < 4.78 is 56.9. The smallest absolute Gasteiger partial charge is 0.416 e. The lowest BCUT2D eigenvalue weighted by atomic mass is 9.80. The van der Waals surface area contributed by atoms with Crippen molar-refractivity contribution in [1.82, 2.24) is 0 Å². The molecular weight excluding hydrogens is 415 g/mol. The van der Waals surface area contributed by atoms with Gasteiger partial charge in [0.25, 0.3) is 0 Å². The summed E-state index contributed by atoms with van der Waals surface area (Å²) in [6.45, 7) is -0.320. The van der Waals surface area contributed by atoms with Crippen LogP contribution in [0.2, 0.25) is 0 Å². The van der Waals surface area contributed by atoms with Gasteiger partial charge in [-0.25, -0.2) is 0 Å². The highest BCUT2D eigenvalue weighted by atomic mass is 19.4. The molecule has 0 saturated heterocycles. The van der Waals surface area contributed by atoms with Gasteiger partial charge in [0.05, 0.1) is 19.8 Å². The predicted octanol–water partition coefficient (Wildman–Crippen LogP) is 3.78. The molecule has 0 saturated carbocycles. The number of hydrogen-bond acceptors (Lipinski definition) is 5. The van der Waals surface area contributed by atoms with Crippen LogP contribution in [0.15, 0.2) is 42.5 Å².